The van der Waals surface area contributed by atoms with Crippen LogP contribution in [0, 0.1) is 10.6 Å². The van der Waals surface area contributed by atoms with Crippen LogP contribution in [0.1, 0.15) is 26.7 Å². The first-order valence-electron chi connectivity index (χ1n) is 6.69. The van der Waals surface area contributed by atoms with Gasteiger partial charge in [-0.2, -0.15) is 0 Å². The normalized spacial score (nSPS) is 12.6. The van der Waals surface area contributed by atoms with E-state index in [9.17, 15) is 9.18 Å². The van der Waals surface area contributed by atoms with Crippen molar-refractivity contribution >= 4 is 29.2 Å². The van der Waals surface area contributed by atoms with Gasteiger partial charge in [0.25, 0.3) is 0 Å². The zero-order chi connectivity index (χ0) is 14.7. The van der Waals surface area contributed by atoms with Gasteiger partial charge in [0, 0.05) is 19.0 Å². The van der Waals surface area contributed by atoms with E-state index >= 15 is 0 Å². The quantitative estimate of drug-likeness (QED) is 0.833. The average molecular weight is 295 g/mol. The molecule has 2 N–H and O–H groups in total. The standard InChI is InChI=1S/C14H18FN3OS/c1-3-9(2)16-12(19)7-8-18-11-6-4-5-10(15)13(11)17-14(18)20/h4-6,9H,3,7-8H2,1-2H3,(H,16,19)(H,17,20). The number of aromatic nitrogens is 2. The number of aromatic amines is 1. The van der Waals surface area contributed by atoms with Gasteiger partial charge in [-0.05, 0) is 37.7 Å². The molecule has 0 saturated heterocycles. The number of carbonyl (C=O) groups excluding carboxylic acids is 1. The van der Waals surface area contributed by atoms with E-state index in [-0.39, 0.29) is 17.8 Å². The predicted octanol–water partition coefficient (Wildman–Crippen LogP) is 3.14. The molecule has 0 saturated carbocycles. The Morgan fingerprint density at radius 3 is 3.00 bits per heavy atom. The highest BCUT2D eigenvalue weighted by Crippen LogP contribution is 2.17. The van der Waals surface area contributed by atoms with Gasteiger partial charge in [0.2, 0.25) is 5.91 Å². The molecule has 2 rings (SSSR count). The third-order valence-electron chi connectivity index (χ3n) is 3.34. The van der Waals surface area contributed by atoms with Crippen LogP contribution in [0.15, 0.2) is 18.2 Å². The molecule has 0 bridgehead atoms. The minimum atomic E-state index is -0.337. The summed E-state index contributed by atoms with van der Waals surface area (Å²) < 4.78 is 15.8. The number of halogens is 1. The van der Waals surface area contributed by atoms with Gasteiger partial charge in [0.15, 0.2) is 4.77 Å². The van der Waals surface area contributed by atoms with Gasteiger partial charge >= 0.3 is 0 Å². The lowest BCUT2D eigenvalue weighted by Gasteiger charge is -2.11. The lowest BCUT2D eigenvalue weighted by molar-refractivity contribution is -0.121. The average Bonchev–Trinajstić information content (AvgIpc) is 2.74. The summed E-state index contributed by atoms with van der Waals surface area (Å²) >= 11 is 5.18. The first kappa shape index (κ1) is 14.7. The molecule has 1 aromatic heterocycles. The van der Waals surface area contributed by atoms with E-state index in [1.54, 1.807) is 16.7 Å². The van der Waals surface area contributed by atoms with Gasteiger partial charge in [-0.25, -0.2) is 4.39 Å². The van der Waals surface area contributed by atoms with Crippen LogP contribution in [-0.4, -0.2) is 21.5 Å². The predicted molar refractivity (Wildman–Crippen MR) is 79.6 cm³/mol. The fraction of sp³-hybridized carbons (Fsp3) is 0.429. The highest BCUT2D eigenvalue weighted by molar-refractivity contribution is 7.71. The Bertz CT molecular complexity index is 677. The van der Waals surface area contributed by atoms with E-state index < -0.39 is 0 Å². The summed E-state index contributed by atoms with van der Waals surface area (Å²) in [6, 6.07) is 4.97. The maximum atomic E-state index is 13.6. The molecule has 4 nitrogen and oxygen atoms in total. The number of para-hydroxylation sites is 1. The van der Waals surface area contributed by atoms with Crippen LogP contribution in [0.2, 0.25) is 0 Å². The monoisotopic (exact) mass is 295 g/mol. The van der Waals surface area contributed by atoms with Crippen LogP contribution in [0.5, 0.6) is 0 Å². The third-order valence-corrected chi connectivity index (χ3v) is 3.66. The Morgan fingerprint density at radius 1 is 1.55 bits per heavy atom. The number of imidazole rings is 1. The highest BCUT2D eigenvalue weighted by atomic mass is 32.1. The Morgan fingerprint density at radius 2 is 2.30 bits per heavy atom. The summed E-state index contributed by atoms with van der Waals surface area (Å²) in [7, 11) is 0. The fourth-order valence-electron chi connectivity index (χ4n) is 2.03. The number of aryl methyl sites for hydroxylation is 1. The van der Waals surface area contributed by atoms with Crippen molar-refractivity contribution in [3.05, 3.63) is 28.8 Å². The summed E-state index contributed by atoms with van der Waals surface area (Å²) in [5, 5.41) is 2.90. The first-order valence-corrected chi connectivity index (χ1v) is 7.10. The van der Waals surface area contributed by atoms with Crippen molar-refractivity contribution in [2.45, 2.75) is 39.3 Å². The Hall–Kier alpha value is -1.69. The van der Waals surface area contributed by atoms with Crippen LogP contribution in [-0.2, 0) is 11.3 Å². The number of fused-ring (bicyclic) bond motifs is 1. The first-order chi connectivity index (χ1) is 9.52. The summed E-state index contributed by atoms with van der Waals surface area (Å²) in [6.07, 6.45) is 1.21. The zero-order valence-corrected chi connectivity index (χ0v) is 12.4. The van der Waals surface area contributed by atoms with Crippen LogP contribution < -0.4 is 5.32 Å². The van der Waals surface area contributed by atoms with Crippen LogP contribution in [0.25, 0.3) is 11.0 Å². The zero-order valence-electron chi connectivity index (χ0n) is 11.6. The highest BCUT2D eigenvalue weighted by Gasteiger charge is 2.10. The molecule has 1 amide bonds. The van der Waals surface area contributed by atoms with Gasteiger partial charge in [0.1, 0.15) is 11.3 Å². The molecule has 0 aliphatic rings. The van der Waals surface area contributed by atoms with Gasteiger partial charge < -0.3 is 14.9 Å². The van der Waals surface area contributed by atoms with E-state index in [2.05, 4.69) is 10.3 Å². The molecule has 0 fully saturated rings. The second-order valence-electron chi connectivity index (χ2n) is 4.84. The lowest BCUT2D eigenvalue weighted by atomic mass is 10.2. The molecule has 20 heavy (non-hydrogen) atoms. The summed E-state index contributed by atoms with van der Waals surface area (Å²) in [4.78, 5) is 14.6. The van der Waals surface area contributed by atoms with E-state index in [4.69, 9.17) is 12.2 Å². The van der Waals surface area contributed by atoms with Crippen molar-refractivity contribution in [3.8, 4) is 0 Å². The molecule has 0 aliphatic carbocycles. The van der Waals surface area contributed by atoms with Crippen molar-refractivity contribution in [2.24, 2.45) is 0 Å². The number of rotatable bonds is 5. The molecule has 6 heteroatoms. The summed E-state index contributed by atoms with van der Waals surface area (Å²) in [5.41, 5.74) is 1.08. The van der Waals surface area contributed by atoms with Crippen LogP contribution >= 0.6 is 12.2 Å². The van der Waals surface area contributed by atoms with Gasteiger partial charge in [0.05, 0.1) is 5.52 Å². The summed E-state index contributed by atoms with van der Waals surface area (Å²) in [5.74, 6) is -0.358. The third kappa shape index (κ3) is 3.07. The van der Waals surface area contributed by atoms with Crippen LogP contribution in [0.3, 0.4) is 0 Å². The van der Waals surface area contributed by atoms with Gasteiger partial charge in [-0.3, -0.25) is 4.79 Å². The van der Waals surface area contributed by atoms with Crippen molar-refractivity contribution in [3.63, 3.8) is 0 Å². The number of nitrogens with zero attached hydrogens (tertiary/aromatic N) is 1. The maximum absolute atomic E-state index is 13.6. The second-order valence-corrected chi connectivity index (χ2v) is 5.23. The number of hydrogen-bond donors (Lipinski definition) is 2. The number of amides is 1. The molecule has 108 valence electrons. The van der Waals surface area contributed by atoms with Crippen molar-refractivity contribution in [2.75, 3.05) is 0 Å². The molecular formula is C14H18FN3OS. The smallest absolute Gasteiger partial charge is 0.222 e. The SMILES string of the molecule is CCC(C)NC(=O)CCn1c(=S)[nH]c2c(F)cccc21. The van der Waals surface area contributed by atoms with E-state index in [1.165, 1.54) is 6.07 Å². The Kier molecular flexibility index (Phi) is 4.54. The van der Waals surface area contributed by atoms with Crippen molar-refractivity contribution in [1.82, 2.24) is 14.9 Å². The molecule has 1 atom stereocenters. The van der Waals surface area contributed by atoms with Gasteiger partial charge in [-0.15, -0.1) is 0 Å². The number of nitrogens with one attached hydrogen (secondary N) is 2. The lowest BCUT2D eigenvalue weighted by Crippen LogP contribution is -2.32. The topological polar surface area (TPSA) is 49.8 Å². The largest absolute Gasteiger partial charge is 0.354 e. The molecule has 0 aliphatic heterocycles. The summed E-state index contributed by atoms with van der Waals surface area (Å²) in [6.45, 7) is 4.42. The molecule has 0 radical (unpaired) electrons. The Labute approximate surface area is 122 Å². The van der Waals surface area contributed by atoms with E-state index in [0.29, 0.717) is 28.8 Å². The van der Waals surface area contributed by atoms with Gasteiger partial charge in [-0.1, -0.05) is 13.0 Å². The number of hydrogen-bond acceptors (Lipinski definition) is 2. The molecular weight excluding hydrogens is 277 g/mol. The second kappa shape index (κ2) is 6.17. The minimum absolute atomic E-state index is 0.0213. The fourth-order valence-corrected chi connectivity index (χ4v) is 2.32. The maximum Gasteiger partial charge on any atom is 0.222 e. The number of benzene rings is 1. The molecule has 1 heterocycles. The molecule has 2 aromatic rings. The molecule has 1 aromatic carbocycles. The molecule has 1 unspecified atom stereocenters. The number of carbonyl (C=O) groups is 1. The van der Waals surface area contributed by atoms with Crippen molar-refractivity contribution < 1.29 is 9.18 Å². The van der Waals surface area contributed by atoms with Crippen molar-refractivity contribution in [1.29, 1.82) is 0 Å². The number of H-pyrrole nitrogens is 1. The molecule has 0 spiro atoms. The minimum Gasteiger partial charge on any atom is -0.354 e. The Balaban J connectivity index is 2.14. The van der Waals surface area contributed by atoms with Crippen LogP contribution in [0.4, 0.5) is 4.39 Å². The van der Waals surface area contributed by atoms with E-state index in [0.717, 1.165) is 6.42 Å². The van der Waals surface area contributed by atoms with E-state index in [1.807, 2.05) is 13.8 Å².